The summed E-state index contributed by atoms with van der Waals surface area (Å²) in [6.45, 7) is 1.91. The Labute approximate surface area is 154 Å². The average molecular weight is 362 g/mol. The van der Waals surface area contributed by atoms with Crippen molar-refractivity contribution in [2.24, 2.45) is 5.73 Å². The Morgan fingerprint density at radius 1 is 1.15 bits per heavy atom. The highest BCUT2D eigenvalue weighted by Gasteiger charge is 2.13. The molecule has 0 atom stereocenters. The topological polar surface area (TPSA) is 82.5 Å². The lowest BCUT2D eigenvalue weighted by Gasteiger charge is -2.11. The number of aromatic nitrogens is 3. The minimum absolute atomic E-state index is 0.0162. The summed E-state index contributed by atoms with van der Waals surface area (Å²) in [6, 6.07) is 13.1. The molecule has 27 heavy (non-hydrogen) atoms. The summed E-state index contributed by atoms with van der Waals surface area (Å²) in [7, 11) is 0. The maximum atomic E-state index is 14.3. The lowest BCUT2D eigenvalue weighted by atomic mass is 10.1. The molecule has 4 aromatic rings. The van der Waals surface area contributed by atoms with Crippen LogP contribution in [0.2, 0.25) is 0 Å². The third-order valence-electron chi connectivity index (χ3n) is 4.09. The van der Waals surface area contributed by atoms with Gasteiger partial charge in [-0.05, 0) is 49.4 Å². The van der Waals surface area contributed by atoms with Crippen LogP contribution in [0.4, 0.5) is 4.39 Å². The summed E-state index contributed by atoms with van der Waals surface area (Å²) < 4.78 is 21.8. The van der Waals surface area contributed by atoms with Gasteiger partial charge in [0.2, 0.25) is 5.91 Å². The van der Waals surface area contributed by atoms with E-state index in [1.807, 2.05) is 31.3 Å². The van der Waals surface area contributed by atoms with Crippen LogP contribution < -0.4 is 10.5 Å². The van der Waals surface area contributed by atoms with Gasteiger partial charge in [0, 0.05) is 23.0 Å². The molecule has 0 unspecified atom stereocenters. The second kappa shape index (κ2) is 6.53. The largest absolute Gasteiger partial charge is 0.452 e. The fraction of sp³-hybridized carbons (Fsp3) is 0.0500. The second-order valence-corrected chi connectivity index (χ2v) is 6.03. The molecule has 3 heterocycles. The Kier molecular flexibility index (Phi) is 4.04. The molecule has 0 saturated carbocycles. The van der Waals surface area contributed by atoms with Gasteiger partial charge in [0.1, 0.15) is 5.52 Å². The van der Waals surface area contributed by atoms with Crippen LogP contribution >= 0.6 is 0 Å². The van der Waals surface area contributed by atoms with Gasteiger partial charge in [-0.2, -0.15) is 5.10 Å². The molecule has 2 N–H and O–H groups in total. The van der Waals surface area contributed by atoms with Gasteiger partial charge in [0.05, 0.1) is 11.9 Å². The van der Waals surface area contributed by atoms with Crippen molar-refractivity contribution in [1.29, 1.82) is 0 Å². The van der Waals surface area contributed by atoms with E-state index in [-0.39, 0.29) is 11.3 Å². The minimum atomic E-state index is -0.703. The van der Waals surface area contributed by atoms with Crippen molar-refractivity contribution in [3.8, 4) is 22.8 Å². The van der Waals surface area contributed by atoms with Crippen molar-refractivity contribution < 1.29 is 13.9 Å². The van der Waals surface area contributed by atoms with Crippen LogP contribution in [-0.4, -0.2) is 20.5 Å². The van der Waals surface area contributed by atoms with Gasteiger partial charge in [-0.15, -0.1) is 0 Å². The zero-order chi connectivity index (χ0) is 19.0. The SMILES string of the molecule is Cc1cccc(-c2cc(Oc3ccc(C(N)=O)cc3F)c3ccnn3c2)n1. The first-order valence-electron chi connectivity index (χ1n) is 8.20. The summed E-state index contributed by atoms with van der Waals surface area (Å²) in [4.78, 5) is 15.7. The molecule has 0 fully saturated rings. The van der Waals surface area contributed by atoms with E-state index in [4.69, 9.17) is 10.5 Å². The zero-order valence-corrected chi connectivity index (χ0v) is 14.4. The molecule has 0 spiro atoms. The normalized spacial score (nSPS) is 10.9. The van der Waals surface area contributed by atoms with Crippen LogP contribution in [0.5, 0.6) is 11.5 Å². The molecule has 1 amide bonds. The fourth-order valence-corrected chi connectivity index (χ4v) is 2.78. The Hall–Kier alpha value is -3.74. The molecule has 6 nitrogen and oxygen atoms in total. The average Bonchev–Trinajstić information content (AvgIpc) is 3.12. The molecule has 0 aliphatic heterocycles. The quantitative estimate of drug-likeness (QED) is 0.600. The third kappa shape index (κ3) is 3.22. The van der Waals surface area contributed by atoms with Gasteiger partial charge in [0.15, 0.2) is 17.3 Å². The number of hydrogen-bond acceptors (Lipinski definition) is 4. The Morgan fingerprint density at radius 2 is 2.00 bits per heavy atom. The van der Waals surface area contributed by atoms with Crippen molar-refractivity contribution in [2.45, 2.75) is 6.92 Å². The summed E-state index contributed by atoms with van der Waals surface area (Å²) >= 11 is 0. The van der Waals surface area contributed by atoms with E-state index in [2.05, 4.69) is 10.1 Å². The van der Waals surface area contributed by atoms with Gasteiger partial charge in [0.25, 0.3) is 0 Å². The number of halogens is 1. The maximum absolute atomic E-state index is 14.3. The van der Waals surface area contributed by atoms with Gasteiger partial charge < -0.3 is 10.5 Å². The molecular weight excluding hydrogens is 347 g/mol. The number of ether oxygens (including phenoxy) is 1. The molecule has 0 saturated heterocycles. The number of benzene rings is 1. The highest BCUT2D eigenvalue weighted by molar-refractivity contribution is 5.92. The molecule has 0 aliphatic carbocycles. The monoisotopic (exact) mass is 362 g/mol. The van der Waals surface area contributed by atoms with Crippen LogP contribution in [0.3, 0.4) is 0 Å². The first-order valence-corrected chi connectivity index (χ1v) is 8.20. The Balaban J connectivity index is 1.79. The van der Waals surface area contributed by atoms with E-state index < -0.39 is 11.7 Å². The fourth-order valence-electron chi connectivity index (χ4n) is 2.78. The third-order valence-corrected chi connectivity index (χ3v) is 4.09. The summed E-state index contributed by atoms with van der Waals surface area (Å²) in [5.74, 6) is -0.981. The van der Waals surface area contributed by atoms with Crippen LogP contribution in [0.25, 0.3) is 16.8 Å². The molecule has 0 bridgehead atoms. The first kappa shape index (κ1) is 16.7. The van der Waals surface area contributed by atoms with Crippen LogP contribution in [0, 0.1) is 12.7 Å². The lowest BCUT2D eigenvalue weighted by Crippen LogP contribution is -2.11. The summed E-state index contributed by atoms with van der Waals surface area (Å²) in [5, 5.41) is 4.24. The molecular formula is C20H15FN4O2. The first-order chi connectivity index (χ1) is 13.0. The van der Waals surface area contributed by atoms with E-state index in [1.165, 1.54) is 12.1 Å². The molecule has 134 valence electrons. The number of carbonyl (C=O) groups is 1. The van der Waals surface area contributed by atoms with E-state index in [9.17, 15) is 9.18 Å². The Morgan fingerprint density at radius 3 is 2.74 bits per heavy atom. The number of primary amides is 1. The second-order valence-electron chi connectivity index (χ2n) is 6.03. The van der Waals surface area contributed by atoms with Crippen LogP contribution in [-0.2, 0) is 0 Å². The van der Waals surface area contributed by atoms with E-state index in [0.717, 1.165) is 23.0 Å². The number of nitrogens with zero attached hydrogens (tertiary/aromatic N) is 3. The molecule has 1 aromatic carbocycles. The number of nitrogens with two attached hydrogens (primary N) is 1. The number of aryl methyl sites for hydroxylation is 1. The van der Waals surface area contributed by atoms with Crippen molar-refractivity contribution in [3.05, 3.63) is 78.0 Å². The smallest absolute Gasteiger partial charge is 0.248 e. The number of amides is 1. The van der Waals surface area contributed by atoms with Crippen LogP contribution in [0.15, 0.2) is 60.9 Å². The number of hydrogen-bond donors (Lipinski definition) is 1. The lowest BCUT2D eigenvalue weighted by molar-refractivity contribution is 0.1000. The summed E-state index contributed by atoms with van der Waals surface area (Å²) in [6.07, 6.45) is 3.46. The van der Waals surface area contributed by atoms with Gasteiger partial charge >= 0.3 is 0 Å². The standard InChI is InChI=1S/C20H15FN4O2/c1-12-3-2-4-16(24-12)14-10-19(17-7-8-23-25(17)11-14)27-18-6-5-13(20(22)26)9-15(18)21/h2-11H,1H3,(H2,22,26). The van der Waals surface area contributed by atoms with Crippen molar-refractivity contribution >= 4 is 11.4 Å². The molecule has 4 rings (SSSR count). The molecule has 0 radical (unpaired) electrons. The Bertz CT molecular complexity index is 1170. The number of carbonyl (C=O) groups excluding carboxylic acids is 1. The molecule has 3 aromatic heterocycles. The van der Waals surface area contributed by atoms with Gasteiger partial charge in [-0.3, -0.25) is 9.78 Å². The van der Waals surface area contributed by atoms with Crippen molar-refractivity contribution in [1.82, 2.24) is 14.6 Å². The van der Waals surface area contributed by atoms with E-state index in [0.29, 0.717) is 11.3 Å². The predicted octanol–water partition coefficient (Wildman–Crippen LogP) is 3.74. The number of pyridine rings is 2. The number of fused-ring (bicyclic) bond motifs is 1. The van der Waals surface area contributed by atoms with E-state index >= 15 is 0 Å². The predicted molar refractivity (Wildman–Crippen MR) is 98.2 cm³/mol. The van der Waals surface area contributed by atoms with Crippen LogP contribution in [0.1, 0.15) is 16.1 Å². The highest BCUT2D eigenvalue weighted by Crippen LogP contribution is 2.32. The maximum Gasteiger partial charge on any atom is 0.248 e. The van der Waals surface area contributed by atoms with Crippen molar-refractivity contribution in [2.75, 3.05) is 0 Å². The van der Waals surface area contributed by atoms with Crippen molar-refractivity contribution in [3.63, 3.8) is 0 Å². The molecule has 0 aliphatic rings. The minimum Gasteiger partial charge on any atom is -0.452 e. The summed E-state index contributed by atoms with van der Waals surface area (Å²) in [5.41, 5.74) is 8.33. The van der Waals surface area contributed by atoms with Gasteiger partial charge in [-0.1, -0.05) is 6.07 Å². The van der Waals surface area contributed by atoms with E-state index in [1.54, 1.807) is 22.8 Å². The highest BCUT2D eigenvalue weighted by atomic mass is 19.1. The van der Waals surface area contributed by atoms with Gasteiger partial charge in [-0.25, -0.2) is 8.91 Å². The number of rotatable bonds is 4. The molecule has 7 heteroatoms. The zero-order valence-electron chi connectivity index (χ0n) is 14.4.